The Bertz CT molecular complexity index is 580. The summed E-state index contributed by atoms with van der Waals surface area (Å²) in [4.78, 5) is 4.07. The van der Waals surface area contributed by atoms with Crippen molar-refractivity contribution in [2.75, 3.05) is 9.93 Å². The molecule has 2 heterocycles. The van der Waals surface area contributed by atoms with Crippen molar-refractivity contribution in [2.24, 2.45) is 0 Å². The lowest BCUT2D eigenvalue weighted by atomic mass is 10.4. The molecule has 0 aliphatic rings. The summed E-state index contributed by atoms with van der Waals surface area (Å²) < 4.78 is 26.2. The molecule has 0 saturated carbocycles. The highest BCUT2D eigenvalue weighted by Gasteiger charge is 2.08. The van der Waals surface area contributed by atoms with E-state index < -0.39 is 15.2 Å². The van der Waals surface area contributed by atoms with Crippen LogP contribution in [0.25, 0.3) is 5.82 Å². The van der Waals surface area contributed by atoms with Crippen molar-refractivity contribution in [3.05, 3.63) is 36.8 Å². The number of nitrogens with one attached hydrogen (secondary N) is 1. The molecule has 90 valence electrons. The van der Waals surface area contributed by atoms with Gasteiger partial charge in [0.2, 0.25) is 10.0 Å². The van der Waals surface area contributed by atoms with Crippen LogP contribution in [0.1, 0.15) is 0 Å². The van der Waals surface area contributed by atoms with Gasteiger partial charge >= 0.3 is 0 Å². The van der Waals surface area contributed by atoms with E-state index in [1.54, 1.807) is 35.3 Å². The van der Waals surface area contributed by atoms with E-state index in [-0.39, 0.29) is 0 Å². The van der Waals surface area contributed by atoms with Crippen LogP contribution in [0.4, 0.5) is 5.69 Å². The number of rotatable bonds is 4. The predicted molar refractivity (Wildman–Crippen MR) is 64.6 cm³/mol. The van der Waals surface area contributed by atoms with Gasteiger partial charge in [0.1, 0.15) is 5.21 Å². The molecule has 0 bridgehead atoms. The van der Waals surface area contributed by atoms with E-state index in [1.807, 2.05) is 0 Å². The average molecular weight is 273 g/mol. The van der Waals surface area contributed by atoms with E-state index in [4.69, 9.17) is 11.6 Å². The molecule has 0 spiro atoms. The summed E-state index contributed by atoms with van der Waals surface area (Å²) in [6, 6.07) is 5.01. The third-order valence-corrected chi connectivity index (χ3v) is 3.60. The van der Waals surface area contributed by atoms with Crippen LogP contribution in [0, 0.1) is 0 Å². The van der Waals surface area contributed by atoms with Crippen LogP contribution in [0.5, 0.6) is 0 Å². The first kappa shape index (κ1) is 11.9. The van der Waals surface area contributed by atoms with Gasteiger partial charge in [-0.2, -0.15) is 5.10 Å². The van der Waals surface area contributed by atoms with E-state index in [1.165, 1.54) is 6.20 Å². The fraction of sp³-hybridized carbons (Fsp3) is 0.111. The van der Waals surface area contributed by atoms with Crippen molar-refractivity contribution < 1.29 is 8.42 Å². The first-order valence-electron chi connectivity index (χ1n) is 4.63. The molecule has 0 fully saturated rings. The molecule has 0 amide bonds. The molecule has 0 saturated heterocycles. The molecule has 0 unspecified atom stereocenters. The van der Waals surface area contributed by atoms with Crippen LogP contribution in [0.2, 0.25) is 0 Å². The fourth-order valence-electron chi connectivity index (χ4n) is 1.19. The van der Waals surface area contributed by atoms with E-state index in [0.717, 1.165) is 0 Å². The Kier molecular flexibility index (Phi) is 3.30. The first-order chi connectivity index (χ1) is 8.11. The van der Waals surface area contributed by atoms with Crippen LogP contribution in [0.3, 0.4) is 0 Å². The summed E-state index contributed by atoms with van der Waals surface area (Å²) in [7, 11) is -3.49. The normalized spacial score (nSPS) is 11.4. The number of anilines is 1. The highest BCUT2D eigenvalue weighted by atomic mass is 35.5. The van der Waals surface area contributed by atoms with Crippen LogP contribution in [-0.4, -0.2) is 28.4 Å². The van der Waals surface area contributed by atoms with Crippen molar-refractivity contribution >= 4 is 27.3 Å². The molecular formula is C9H9ClN4O2S. The zero-order chi connectivity index (χ0) is 12.3. The molecular weight excluding hydrogens is 264 g/mol. The second kappa shape index (κ2) is 4.72. The molecule has 0 aliphatic heterocycles. The lowest BCUT2D eigenvalue weighted by molar-refractivity contribution is 0.605. The summed E-state index contributed by atoms with van der Waals surface area (Å²) in [5.41, 5.74) is 0.363. The average Bonchev–Trinajstić information content (AvgIpc) is 2.83. The van der Waals surface area contributed by atoms with Crippen LogP contribution < -0.4 is 4.72 Å². The quantitative estimate of drug-likeness (QED) is 0.849. The Balaban J connectivity index is 2.19. The smallest absolute Gasteiger partial charge is 0.246 e. The van der Waals surface area contributed by atoms with Gasteiger partial charge in [-0.25, -0.2) is 18.1 Å². The van der Waals surface area contributed by atoms with Gasteiger partial charge in [-0.3, -0.25) is 4.72 Å². The maximum atomic E-state index is 11.2. The third kappa shape index (κ3) is 2.95. The number of hydrogen-bond donors (Lipinski definition) is 1. The summed E-state index contributed by atoms with van der Waals surface area (Å²) in [6.07, 6.45) is 4.78. The standard InChI is InChI=1S/C9H9ClN4O2S/c10-7-17(15,16)13-8-2-3-9(11-6-8)14-5-1-4-12-14/h1-6,13H,7H2. The van der Waals surface area contributed by atoms with Crippen molar-refractivity contribution in [1.82, 2.24) is 14.8 Å². The minimum atomic E-state index is -3.49. The highest BCUT2D eigenvalue weighted by Crippen LogP contribution is 2.11. The summed E-state index contributed by atoms with van der Waals surface area (Å²) >= 11 is 5.27. The number of sulfonamides is 1. The first-order valence-corrected chi connectivity index (χ1v) is 6.82. The van der Waals surface area contributed by atoms with Crippen LogP contribution >= 0.6 is 11.6 Å². The number of halogens is 1. The van der Waals surface area contributed by atoms with Crippen LogP contribution in [0.15, 0.2) is 36.8 Å². The number of nitrogens with zero attached hydrogens (tertiary/aromatic N) is 3. The second-order valence-electron chi connectivity index (χ2n) is 3.18. The SMILES string of the molecule is O=S(=O)(CCl)Nc1ccc(-n2cccn2)nc1. The molecule has 8 heteroatoms. The Labute approximate surface area is 103 Å². The lowest BCUT2D eigenvalue weighted by Gasteiger charge is -2.05. The van der Waals surface area contributed by atoms with Crippen molar-refractivity contribution in [3.63, 3.8) is 0 Å². The van der Waals surface area contributed by atoms with Gasteiger partial charge in [0.25, 0.3) is 0 Å². The van der Waals surface area contributed by atoms with Crippen LogP contribution in [-0.2, 0) is 10.0 Å². The van der Waals surface area contributed by atoms with Gasteiger partial charge in [-0.05, 0) is 18.2 Å². The molecule has 0 aromatic carbocycles. The summed E-state index contributed by atoms with van der Waals surface area (Å²) in [5.74, 6) is 0.601. The van der Waals surface area contributed by atoms with Gasteiger partial charge in [0.15, 0.2) is 5.82 Å². The number of pyridine rings is 1. The summed E-state index contributed by atoms with van der Waals surface area (Å²) in [5, 5.41) is 3.51. The van der Waals surface area contributed by atoms with E-state index >= 15 is 0 Å². The molecule has 2 aromatic heterocycles. The topological polar surface area (TPSA) is 76.9 Å². The Morgan fingerprint density at radius 2 is 2.24 bits per heavy atom. The molecule has 1 N–H and O–H groups in total. The fourth-order valence-corrected chi connectivity index (χ4v) is 1.89. The maximum Gasteiger partial charge on any atom is 0.246 e. The van der Waals surface area contributed by atoms with Crippen molar-refractivity contribution in [2.45, 2.75) is 0 Å². The van der Waals surface area contributed by atoms with E-state index in [9.17, 15) is 8.42 Å². The van der Waals surface area contributed by atoms with Crippen molar-refractivity contribution in [1.29, 1.82) is 0 Å². The zero-order valence-electron chi connectivity index (χ0n) is 8.62. The summed E-state index contributed by atoms with van der Waals surface area (Å²) in [6.45, 7) is 0. The molecule has 0 radical (unpaired) electrons. The minimum Gasteiger partial charge on any atom is -0.281 e. The van der Waals surface area contributed by atoms with Gasteiger partial charge < -0.3 is 0 Å². The van der Waals surface area contributed by atoms with E-state index in [2.05, 4.69) is 14.8 Å². The van der Waals surface area contributed by atoms with Gasteiger partial charge in [-0.15, -0.1) is 11.6 Å². The second-order valence-corrected chi connectivity index (χ2v) is 5.49. The Morgan fingerprint density at radius 1 is 1.41 bits per heavy atom. The zero-order valence-corrected chi connectivity index (χ0v) is 10.2. The Morgan fingerprint density at radius 3 is 2.76 bits per heavy atom. The number of aromatic nitrogens is 3. The largest absolute Gasteiger partial charge is 0.281 e. The Hall–Kier alpha value is -1.60. The predicted octanol–water partition coefficient (Wildman–Crippen LogP) is 1.21. The van der Waals surface area contributed by atoms with Gasteiger partial charge in [-0.1, -0.05) is 0 Å². The third-order valence-electron chi connectivity index (χ3n) is 1.90. The lowest BCUT2D eigenvalue weighted by Crippen LogP contribution is -2.13. The van der Waals surface area contributed by atoms with Gasteiger partial charge in [0, 0.05) is 12.4 Å². The molecule has 2 rings (SSSR count). The molecule has 2 aromatic rings. The van der Waals surface area contributed by atoms with Crippen molar-refractivity contribution in [3.8, 4) is 5.82 Å². The minimum absolute atomic E-state index is 0.363. The molecule has 6 nitrogen and oxygen atoms in total. The number of alkyl halides is 1. The molecule has 17 heavy (non-hydrogen) atoms. The van der Waals surface area contributed by atoms with Gasteiger partial charge in [0.05, 0.1) is 11.9 Å². The number of hydrogen-bond acceptors (Lipinski definition) is 4. The van der Waals surface area contributed by atoms with E-state index in [0.29, 0.717) is 11.5 Å². The monoisotopic (exact) mass is 272 g/mol. The highest BCUT2D eigenvalue weighted by molar-refractivity contribution is 7.93. The molecule has 0 atom stereocenters. The molecule has 0 aliphatic carbocycles. The maximum absolute atomic E-state index is 11.2.